The van der Waals surface area contributed by atoms with Crippen LogP contribution in [-0.2, 0) is 26.0 Å². The first-order valence-electron chi connectivity index (χ1n) is 5.87. The zero-order valence-corrected chi connectivity index (χ0v) is 12.2. The molecule has 0 aliphatic carbocycles. The average Bonchev–Trinajstić information content (AvgIpc) is 2.87. The van der Waals surface area contributed by atoms with Crippen molar-refractivity contribution in [2.75, 3.05) is 0 Å². The third kappa shape index (κ3) is 3.01. The Morgan fingerprint density at radius 2 is 2.05 bits per heavy atom. The van der Waals surface area contributed by atoms with Crippen molar-refractivity contribution in [3.8, 4) is 0 Å². The van der Waals surface area contributed by atoms with Gasteiger partial charge in [0.1, 0.15) is 11.0 Å². The third-order valence-corrected chi connectivity index (χ3v) is 5.82. The molecule has 0 spiro atoms. The maximum Gasteiger partial charge on any atom is 0.324 e. The van der Waals surface area contributed by atoms with E-state index in [9.17, 15) is 18.0 Å². The molecule has 0 aromatic carbocycles. The van der Waals surface area contributed by atoms with Crippen molar-refractivity contribution in [3.63, 3.8) is 0 Å². The van der Waals surface area contributed by atoms with Crippen LogP contribution in [0.15, 0.2) is 22.8 Å². The molecule has 2 N–H and O–H groups in total. The summed E-state index contributed by atoms with van der Waals surface area (Å²) in [5.41, 5.74) is 0. The fourth-order valence-electron chi connectivity index (χ4n) is 1.44. The molecule has 0 radical (unpaired) electrons. The number of hydrogen-bond donors (Lipinski definition) is 2. The van der Waals surface area contributed by atoms with Gasteiger partial charge in [0.25, 0.3) is 0 Å². The SMILES string of the molecule is CC(C(=O)NCc1ccco1)S(=O)(=O)C(C)(C)C(=O)O. The second-order valence-electron chi connectivity index (χ2n) is 4.80. The predicted octanol–water partition coefficient (Wildman–Crippen LogP) is 0.562. The monoisotopic (exact) mass is 303 g/mol. The molecule has 0 saturated carbocycles. The summed E-state index contributed by atoms with van der Waals surface area (Å²) in [5.74, 6) is -1.79. The number of aliphatic carboxylic acids is 1. The minimum atomic E-state index is -4.17. The molecular weight excluding hydrogens is 286 g/mol. The normalized spacial score (nSPS) is 13.8. The second kappa shape index (κ2) is 5.66. The van der Waals surface area contributed by atoms with Crippen LogP contribution in [0.5, 0.6) is 0 Å². The van der Waals surface area contributed by atoms with E-state index in [-0.39, 0.29) is 6.54 Å². The summed E-state index contributed by atoms with van der Waals surface area (Å²) >= 11 is 0. The van der Waals surface area contributed by atoms with Gasteiger partial charge in [0.05, 0.1) is 12.8 Å². The Hall–Kier alpha value is -1.83. The minimum Gasteiger partial charge on any atom is -0.480 e. The van der Waals surface area contributed by atoms with Crippen molar-refractivity contribution < 1.29 is 27.5 Å². The van der Waals surface area contributed by atoms with Gasteiger partial charge in [-0.1, -0.05) is 0 Å². The zero-order chi connectivity index (χ0) is 15.6. The lowest BCUT2D eigenvalue weighted by molar-refractivity contribution is -0.139. The number of sulfone groups is 1. The summed E-state index contributed by atoms with van der Waals surface area (Å²) in [6, 6.07) is 3.26. The van der Waals surface area contributed by atoms with E-state index < -0.39 is 31.7 Å². The summed E-state index contributed by atoms with van der Waals surface area (Å²) < 4.78 is 27.2. The van der Waals surface area contributed by atoms with Crippen LogP contribution in [-0.4, -0.2) is 35.4 Å². The molecule has 0 bridgehead atoms. The molecule has 1 rings (SSSR count). The van der Waals surface area contributed by atoms with Crippen LogP contribution in [0, 0.1) is 0 Å². The molecule has 0 aliphatic rings. The van der Waals surface area contributed by atoms with E-state index in [0.717, 1.165) is 20.8 Å². The van der Waals surface area contributed by atoms with Crippen LogP contribution in [0.3, 0.4) is 0 Å². The fourth-order valence-corrected chi connectivity index (χ4v) is 2.93. The Balaban J connectivity index is 2.80. The molecule has 8 heteroatoms. The summed E-state index contributed by atoms with van der Waals surface area (Å²) in [7, 11) is -4.17. The lowest BCUT2D eigenvalue weighted by Gasteiger charge is -2.23. The van der Waals surface area contributed by atoms with Crippen LogP contribution < -0.4 is 5.32 Å². The Morgan fingerprint density at radius 3 is 2.50 bits per heavy atom. The standard InChI is InChI=1S/C12H17NO6S/c1-8(20(17,18)12(2,3)11(15)16)10(14)13-7-9-5-4-6-19-9/h4-6,8H,7H2,1-3H3,(H,13,14)(H,15,16). The van der Waals surface area contributed by atoms with Crippen molar-refractivity contribution in [1.82, 2.24) is 5.32 Å². The van der Waals surface area contributed by atoms with Gasteiger partial charge >= 0.3 is 5.97 Å². The highest BCUT2D eigenvalue weighted by Gasteiger charge is 2.47. The highest BCUT2D eigenvalue weighted by atomic mass is 32.2. The number of rotatable bonds is 6. The van der Waals surface area contributed by atoms with E-state index >= 15 is 0 Å². The number of nitrogens with one attached hydrogen (secondary N) is 1. The maximum absolute atomic E-state index is 12.1. The van der Waals surface area contributed by atoms with Crippen molar-refractivity contribution >= 4 is 21.7 Å². The van der Waals surface area contributed by atoms with Gasteiger partial charge in [0, 0.05) is 0 Å². The zero-order valence-electron chi connectivity index (χ0n) is 11.4. The number of furan rings is 1. The van der Waals surface area contributed by atoms with E-state index in [1.165, 1.54) is 6.26 Å². The summed E-state index contributed by atoms with van der Waals surface area (Å²) in [6.45, 7) is 3.32. The Labute approximate surface area is 116 Å². The second-order valence-corrected chi connectivity index (χ2v) is 7.62. The Kier molecular flexibility index (Phi) is 4.59. The van der Waals surface area contributed by atoms with Gasteiger partial charge in [-0.3, -0.25) is 9.59 Å². The molecule has 0 aliphatic heterocycles. The molecule has 0 saturated heterocycles. The number of carbonyl (C=O) groups excluding carboxylic acids is 1. The Morgan fingerprint density at radius 1 is 1.45 bits per heavy atom. The van der Waals surface area contributed by atoms with Gasteiger partial charge in [-0.15, -0.1) is 0 Å². The number of amides is 1. The number of carbonyl (C=O) groups is 2. The van der Waals surface area contributed by atoms with Crippen molar-refractivity contribution in [2.45, 2.75) is 37.3 Å². The molecule has 1 amide bonds. The molecule has 20 heavy (non-hydrogen) atoms. The summed E-state index contributed by atoms with van der Waals surface area (Å²) in [6.07, 6.45) is 1.43. The molecular formula is C12H17NO6S. The van der Waals surface area contributed by atoms with E-state index in [1.807, 2.05) is 0 Å². The quantitative estimate of drug-likeness (QED) is 0.794. The van der Waals surface area contributed by atoms with E-state index in [2.05, 4.69) is 5.32 Å². The molecule has 0 fully saturated rings. The number of carboxylic acid groups (broad SMARTS) is 1. The molecule has 1 aromatic rings. The van der Waals surface area contributed by atoms with Crippen LogP contribution in [0.25, 0.3) is 0 Å². The van der Waals surface area contributed by atoms with Crippen LogP contribution in [0.4, 0.5) is 0 Å². The minimum absolute atomic E-state index is 0.0409. The molecule has 1 unspecified atom stereocenters. The van der Waals surface area contributed by atoms with Crippen LogP contribution >= 0.6 is 0 Å². The first-order valence-corrected chi connectivity index (χ1v) is 7.42. The van der Waals surface area contributed by atoms with E-state index in [4.69, 9.17) is 9.52 Å². The number of carboxylic acids is 1. The van der Waals surface area contributed by atoms with Crippen molar-refractivity contribution in [1.29, 1.82) is 0 Å². The fraction of sp³-hybridized carbons (Fsp3) is 0.500. The number of hydrogen-bond acceptors (Lipinski definition) is 5. The smallest absolute Gasteiger partial charge is 0.324 e. The summed E-state index contributed by atoms with van der Waals surface area (Å²) in [5, 5.41) is 9.89. The molecule has 1 atom stereocenters. The molecule has 1 aromatic heterocycles. The first-order chi connectivity index (χ1) is 9.10. The van der Waals surface area contributed by atoms with Gasteiger partial charge in [0.15, 0.2) is 14.6 Å². The first kappa shape index (κ1) is 16.2. The molecule has 1 heterocycles. The van der Waals surface area contributed by atoms with Crippen LogP contribution in [0.2, 0.25) is 0 Å². The van der Waals surface area contributed by atoms with E-state index in [0.29, 0.717) is 5.76 Å². The van der Waals surface area contributed by atoms with Crippen molar-refractivity contribution in [3.05, 3.63) is 24.2 Å². The van der Waals surface area contributed by atoms with Crippen LogP contribution in [0.1, 0.15) is 26.5 Å². The lowest BCUT2D eigenvalue weighted by atomic mass is 10.2. The van der Waals surface area contributed by atoms with Gasteiger partial charge < -0.3 is 14.8 Å². The topological polar surface area (TPSA) is 114 Å². The highest BCUT2D eigenvalue weighted by molar-refractivity contribution is 7.94. The van der Waals surface area contributed by atoms with Gasteiger partial charge in [-0.05, 0) is 32.9 Å². The van der Waals surface area contributed by atoms with Gasteiger partial charge in [-0.25, -0.2) is 8.42 Å². The maximum atomic E-state index is 12.1. The Bertz CT molecular complexity index is 587. The summed E-state index contributed by atoms with van der Waals surface area (Å²) in [4.78, 5) is 22.8. The predicted molar refractivity (Wildman–Crippen MR) is 70.7 cm³/mol. The van der Waals surface area contributed by atoms with Crippen molar-refractivity contribution in [2.24, 2.45) is 0 Å². The van der Waals surface area contributed by atoms with Gasteiger partial charge in [0.2, 0.25) is 5.91 Å². The van der Waals surface area contributed by atoms with Gasteiger partial charge in [-0.2, -0.15) is 0 Å². The average molecular weight is 303 g/mol. The van der Waals surface area contributed by atoms with E-state index in [1.54, 1.807) is 12.1 Å². The third-order valence-electron chi connectivity index (χ3n) is 3.08. The largest absolute Gasteiger partial charge is 0.480 e. The lowest BCUT2D eigenvalue weighted by Crippen LogP contribution is -2.50. The molecule has 7 nitrogen and oxygen atoms in total. The molecule has 112 valence electrons. The highest BCUT2D eigenvalue weighted by Crippen LogP contribution is 2.22.